The molecule has 6 nitrogen and oxygen atoms in total. The number of carbonyl (C=O) groups excluding carboxylic acids is 2. The molecule has 0 radical (unpaired) electrons. The number of amides is 2. The number of piperidine rings is 1. The van der Waals surface area contributed by atoms with E-state index in [9.17, 15) is 9.59 Å². The summed E-state index contributed by atoms with van der Waals surface area (Å²) in [6.45, 7) is 5.30. The fourth-order valence-corrected chi connectivity index (χ4v) is 3.27. The van der Waals surface area contributed by atoms with E-state index in [2.05, 4.69) is 5.10 Å². The van der Waals surface area contributed by atoms with Gasteiger partial charge in [-0.3, -0.25) is 14.3 Å². The van der Waals surface area contributed by atoms with E-state index in [-0.39, 0.29) is 17.9 Å². The normalized spacial score (nSPS) is 14.8. The second-order valence-electron chi connectivity index (χ2n) is 7.10. The van der Waals surface area contributed by atoms with Gasteiger partial charge in [0, 0.05) is 55.6 Å². The molecule has 0 N–H and O–H groups in total. The fourth-order valence-electron chi connectivity index (χ4n) is 3.27. The van der Waals surface area contributed by atoms with Crippen LogP contribution in [0.15, 0.2) is 36.7 Å². The number of benzene rings is 1. The number of hydrogen-bond acceptors (Lipinski definition) is 3. The Balaban J connectivity index is 1.75. The van der Waals surface area contributed by atoms with E-state index in [1.165, 1.54) is 0 Å². The summed E-state index contributed by atoms with van der Waals surface area (Å²) in [5.74, 6) is 0.149. The minimum atomic E-state index is -0.0135. The average Bonchev–Trinajstić information content (AvgIpc) is 3.04. The first kappa shape index (κ1) is 18.2. The first-order chi connectivity index (χ1) is 12.5. The molecule has 6 heteroatoms. The highest BCUT2D eigenvalue weighted by atomic mass is 16.2. The maximum absolute atomic E-state index is 13.0. The summed E-state index contributed by atoms with van der Waals surface area (Å²) >= 11 is 0. The Hall–Kier alpha value is -2.63. The Bertz CT molecular complexity index is 779. The highest BCUT2D eigenvalue weighted by Gasteiger charge is 2.22. The van der Waals surface area contributed by atoms with Crippen molar-refractivity contribution in [3.8, 4) is 0 Å². The Kier molecular flexibility index (Phi) is 5.40. The van der Waals surface area contributed by atoms with E-state index >= 15 is 0 Å². The Labute approximate surface area is 154 Å². The molecule has 0 saturated carbocycles. The van der Waals surface area contributed by atoms with Crippen LogP contribution >= 0.6 is 0 Å². The van der Waals surface area contributed by atoms with Crippen LogP contribution in [0.4, 0.5) is 5.69 Å². The standard InChI is InChI=1S/C20H26N4O2/c1-15(2)24(14-16-12-21-22(3)13-16)20(26)17-7-9-18(10-8-17)23-11-5-4-6-19(23)25/h7-10,12-13,15H,4-6,11,14H2,1-3H3. The topological polar surface area (TPSA) is 58.4 Å². The monoisotopic (exact) mass is 354 g/mol. The molecule has 0 atom stereocenters. The van der Waals surface area contributed by atoms with Crippen LogP contribution in [0.25, 0.3) is 0 Å². The van der Waals surface area contributed by atoms with E-state index in [1.54, 1.807) is 10.9 Å². The summed E-state index contributed by atoms with van der Waals surface area (Å²) in [5, 5.41) is 4.17. The van der Waals surface area contributed by atoms with E-state index in [4.69, 9.17) is 0 Å². The van der Waals surface area contributed by atoms with Crippen molar-refractivity contribution in [2.24, 2.45) is 7.05 Å². The molecule has 1 aliphatic heterocycles. The lowest BCUT2D eigenvalue weighted by molar-refractivity contribution is -0.119. The van der Waals surface area contributed by atoms with Gasteiger partial charge in [0.05, 0.1) is 6.20 Å². The average molecular weight is 354 g/mol. The minimum Gasteiger partial charge on any atom is -0.332 e. The number of anilines is 1. The van der Waals surface area contributed by atoms with Crippen LogP contribution < -0.4 is 4.90 Å². The highest BCUT2D eigenvalue weighted by molar-refractivity contribution is 5.97. The van der Waals surface area contributed by atoms with Crippen molar-refractivity contribution in [3.63, 3.8) is 0 Å². The smallest absolute Gasteiger partial charge is 0.254 e. The van der Waals surface area contributed by atoms with Crippen molar-refractivity contribution in [3.05, 3.63) is 47.8 Å². The van der Waals surface area contributed by atoms with Crippen LogP contribution in [-0.2, 0) is 18.4 Å². The molecule has 1 fully saturated rings. The summed E-state index contributed by atoms with van der Waals surface area (Å²) in [7, 11) is 1.87. The first-order valence-corrected chi connectivity index (χ1v) is 9.14. The molecule has 1 aromatic carbocycles. The Morgan fingerprint density at radius 2 is 1.96 bits per heavy atom. The van der Waals surface area contributed by atoms with Crippen LogP contribution in [-0.4, -0.2) is 39.1 Å². The molecule has 2 heterocycles. The third-order valence-corrected chi connectivity index (χ3v) is 4.74. The van der Waals surface area contributed by atoms with Gasteiger partial charge < -0.3 is 9.80 Å². The van der Waals surface area contributed by atoms with Gasteiger partial charge in [0.2, 0.25) is 5.91 Å². The third-order valence-electron chi connectivity index (χ3n) is 4.74. The highest BCUT2D eigenvalue weighted by Crippen LogP contribution is 2.22. The van der Waals surface area contributed by atoms with Crippen LogP contribution in [0.5, 0.6) is 0 Å². The zero-order valence-electron chi connectivity index (χ0n) is 15.7. The second kappa shape index (κ2) is 7.72. The summed E-state index contributed by atoms with van der Waals surface area (Å²) in [5.41, 5.74) is 2.51. The molecule has 2 amide bonds. The predicted molar refractivity (Wildman–Crippen MR) is 101 cm³/mol. The van der Waals surface area contributed by atoms with Crippen molar-refractivity contribution in [2.45, 2.75) is 45.7 Å². The lowest BCUT2D eigenvalue weighted by Crippen LogP contribution is -2.36. The summed E-state index contributed by atoms with van der Waals surface area (Å²) in [4.78, 5) is 28.7. The maximum atomic E-state index is 13.0. The van der Waals surface area contributed by atoms with Gasteiger partial charge in [-0.2, -0.15) is 5.10 Å². The van der Waals surface area contributed by atoms with Crippen molar-refractivity contribution in [1.82, 2.24) is 14.7 Å². The second-order valence-corrected chi connectivity index (χ2v) is 7.10. The predicted octanol–water partition coefficient (Wildman–Crippen LogP) is 2.99. The molecule has 26 heavy (non-hydrogen) atoms. The van der Waals surface area contributed by atoms with E-state index in [0.29, 0.717) is 18.5 Å². The van der Waals surface area contributed by atoms with Gasteiger partial charge in [-0.05, 0) is 51.0 Å². The van der Waals surface area contributed by atoms with E-state index < -0.39 is 0 Å². The zero-order chi connectivity index (χ0) is 18.7. The van der Waals surface area contributed by atoms with Crippen LogP contribution in [0.3, 0.4) is 0 Å². The molecule has 1 saturated heterocycles. The molecule has 0 bridgehead atoms. The molecule has 1 aliphatic rings. The number of hydrogen-bond donors (Lipinski definition) is 0. The molecule has 0 spiro atoms. The molecule has 3 rings (SSSR count). The summed E-state index contributed by atoms with van der Waals surface area (Å²) in [6, 6.07) is 7.46. The minimum absolute atomic E-state index is 0.0135. The quantitative estimate of drug-likeness (QED) is 0.829. The van der Waals surface area contributed by atoms with Crippen molar-refractivity contribution < 1.29 is 9.59 Å². The lowest BCUT2D eigenvalue weighted by Gasteiger charge is -2.28. The van der Waals surface area contributed by atoms with Crippen molar-refractivity contribution >= 4 is 17.5 Å². The zero-order valence-corrected chi connectivity index (χ0v) is 15.7. The van der Waals surface area contributed by atoms with Crippen molar-refractivity contribution in [2.75, 3.05) is 11.4 Å². The van der Waals surface area contributed by atoms with Crippen molar-refractivity contribution in [1.29, 1.82) is 0 Å². The maximum Gasteiger partial charge on any atom is 0.254 e. The number of aromatic nitrogens is 2. The van der Waals surface area contributed by atoms with Gasteiger partial charge in [0.25, 0.3) is 5.91 Å². The van der Waals surface area contributed by atoms with Gasteiger partial charge >= 0.3 is 0 Å². The van der Waals surface area contributed by atoms with Crippen LogP contribution in [0.1, 0.15) is 49.0 Å². The third kappa shape index (κ3) is 3.95. The number of rotatable bonds is 5. The number of nitrogens with zero attached hydrogens (tertiary/aromatic N) is 4. The molecule has 2 aromatic rings. The molecule has 1 aromatic heterocycles. The van der Waals surface area contributed by atoms with Crippen LogP contribution in [0, 0.1) is 0 Å². The summed E-state index contributed by atoms with van der Waals surface area (Å²) in [6.07, 6.45) is 6.30. The molecule has 0 unspecified atom stereocenters. The number of aryl methyl sites for hydroxylation is 1. The lowest BCUT2D eigenvalue weighted by atomic mass is 10.1. The van der Waals surface area contributed by atoms with Gasteiger partial charge in [-0.1, -0.05) is 0 Å². The Morgan fingerprint density at radius 1 is 1.23 bits per heavy atom. The molecular weight excluding hydrogens is 328 g/mol. The number of carbonyl (C=O) groups is 2. The van der Waals surface area contributed by atoms with Gasteiger partial charge in [0.1, 0.15) is 0 Å². The Morgan fingerprint density at radius 3 is 2.54 bits per heavy atom. The van der Waals surface area contributed by atoms with E-state index in [1.807, 2.05) is 61.2 Å². The fraction of sp³-hybridized carbons (Fsp3) is 0.450. The largest absolute Gasteiger partial charge is 0.332 e. The molecule has 138 valence electrons. The van der Waals surface area contributed by atoms with Gasteiger partial charge in [0.15, 0.2) is 0 Å². The SMILES string of the molecule is CC(C)N(Cc1cnn(C)c1)C(=O)c1ccc(N2CCCCC2=O)cc1. The van der Waals surface area contributed by atoms with Gasteiger partial charge in [-0.25, -0.2) is 0 Å². The molecule has 0 aliphatic carbocycles. The van der Waals surface area contributed by atoms with E-state index in [0.717, 1.165) is 30.6 Å². The van der Waals surface area contributed by atoms with Crippen LogP contribution in [0.2, 0.25) is 0 Å². The summed E-state index contributed by atoms with van der Waals surface area (Å²) < 4.78 is 1.74. The molecular formula is C20H26N4O2. The van der Waals surface area contributed by atoms with Gasteiger partial charge in [-0.15, -0.1) is 0 Å². The first-order valence-electron chi connectivity index (χ1n) is 9.14.